The fourth-order valence-electron chi connectivity index (χ4n) is 3.74. The molecule has 3 rings (SSSR count). The zero-order chi connectivity index (χ0) is 18.8. The highest BCUT2D eigenvalue weighted by molar-refractivity contribution is 5.96. The van der Waals surface area contributed by atoms with Crippen molar-refractivity contribution in [3.63, 3.8) is 0 Å². The molecule has 0 spiro atoms. The van der Waals surface area contributed by atoms with Crippen molar-refractivity contribution in [3.8, 4) is 6.07 Å². The van der Waals surface area contributed by atoms with Gasteiger partial charge >= 0.3 is 0 Å². The number of piperidine rings is 1. The van der Waals surface area contributed by atoms with E-state index < -0.39 is 0 Å². The first kappa shape index (κ1) is 18.2. The number of nitrogens with zero attached hydrogens (tertiary/aromatic N) is 3. The van der Waals surface area contributed by atoms with Crippen LogP contribution in [0.2, 0.25) is 0 Å². The van der Waals surface area contributed by atoms with E-state index in [4.69, 9.17) is 0 Å². The zero-order valence-electron chi connectivity index (χ0n) is 16.0. The zero-order valence-corrected chi connectivity index (χ0v) is 16.0. The number of nitriles is 1. The number of aromatic nitrogens is 1. The van der Waals surface area contributed by atoms with Crippen LogP contribution in [0.15, 0.2) is 18.3 Å². The molecule has 5 nitrogen and oxygen atoms in total. The number of fused-ring (bicyclic) bond motifs is 1. The lowest BCUT2D eigenvalue weighted by molar-refractivity contribution is -0.124. The molecule has 1 saturated heterocycles. The predicted octanol–water partition coefficient (Wildman–Crippen LogP) is 3.46. The van der Waals surface area contributed by atoms with Gasteiger partial charge in [0.15, 0.2) is 0 Å². The van der Waals surface area contributed by atoms with E-state index in [0.29, 0.717) is 5.56 Å². The second-order valence-electron chi connectivity index (χ2n) is 7.56. The minimum absolute atomic E-state index is 0.0212. The molecule has 1 amide bonds. The number of amides is 1. The molecule has 1 unspecified atom stereocenters. The molecule has 5 heteroatoms. The quantitative estimate of drug-likeness (QED) is 0.920. The Morgan fingerprint density at radius 2 is 2.15 bits per heavy atom. The number of pyridine rings is 1. The monoisotopic (exact) mass is 350 g/mol. The van der Waals surface area contributed by atoms with E-state index in [-0.39, 0.29) is 17.9 Å². The summed E-state index contributed by atoms with van der Waals surface area (Å²) in [7, 11) is 0. The van der Waals surface area contributed by atoms with Crippen molar-refractivity contribution >= 4 is 22.5 Å². The Morgan fingerprint density at radius 1 is 1.38 bits per heavy atom. The largest absolute Gasteiger partial charge is 0.368 e. The summed E-state index contributed by atoms with van der Waals surface area (Å²) in [5.74, 6) is 0.0655. The maximum absolute atomic E-state index is 12.1. The van der Waals surface area contributed by atoms with Gasteiger partial charge in [0.1, 0.15) is 6.07 Å². The molecule has 1 fully saturated rings. The maximum atomic E-state index is 12.1. The van der Waals surface area contributed by atoms with Crippen molar-refractivity contribution in [2.24, 2.45) is 5.92 Å². The van der Waals surface area contributed by atoms with Gasteiger partial charge in [-0.2, -0.15) is 5.26 Å². The number of benzene rings is 1. The van der Waals surface area contributed by atoms with Crippen LogP contribution in [0.1, 0.15) is 43.4 Å². The summed E-state index contributed by atoms with van der Waals surface area (Å²) in [5.41, 5.74) is 4.77. The van der Waals surface area contributed by atoms with E-state index in [0.717, 1.165) is 53.6 Å². The Bertz CT molecular complexity index is 882. The molecule has 2 aromatic rings. The van der Waals surface area contributed by atoms with Crippen molar-refractivity contribution in [3.05, 3.63) is 35.0 Å². The number of nitrogens with one attached hydrogen (secondary N) is 1. The summed E-state index contributed by atoms with van der Waals surface area (Å²) in [4.78, 5) is 18.9. The molecule has 1 aliphatic heterocycles. The van der Waals surface area contributed by atoms with Crippen LogP contribution >= 0.6 is 0 Å². The molecule has 1 aliphatic rings. The van der Waals surface area contributed by atoms with Gasteiger partial charge in [-0.3, -0.25) is 9.78 Å². The second kappa shape index (κ2) is 7.33. The molecule has 2 heterocycles. The lowest BCUT2D eigenvalue weighted by atomic mass is 9.99. The van der Waals surface area contributed by atoms with Gasteiger partial charge in [0.25, 0.3) is 0 Å². The number of rotatable bonds is 3. The highest BCUT2D eigenvalue weighted by Crippen LogP contribution is 2.33. The Labute approximate surface area is 155 Å². The molecule has 0 bridgehead atoms. The molecule has 1 aromatic heterocycles. The number of carbonyl (C=O) groups is 1. The van der Waals surface area contributed by atoms with Crippen LogP contribution in [0.4, 0.5) is 5.69 Å². The lowest BCUT2D eigenvalue weighted by Crippen LogP contribution is -2.49. The fraction of sp³-hybridized carbons (Fsp3) is 0.476. The van der Waals surface area contributed by atoms with Crippen LogP contribution < -0.4 is 10.2 Å². The molecule has 1 N–H and O–H groups in total. The van der Waals surface area contributed by atoms with Gasteiger partial charge in [-0.15, -0.1) is 0 Å². The first-order valence-corrected chi connectivity index (χ1v) is 9.26. The van der Waals surface area contributed by atoms with E-state index >= 15 is 0 Å². The number of carbonyl (C=O) groups excluding carboxylic acids is 1. The Hall–Kier alpha value is -2.61. The molecular weight excluding hydrogens is 324 g/mol. The summed E-state index contributed by atoms with van der Waals surface area (Å²) in [6, 6.07) is 6.65. The van der Waals surface area contributed by atoms with Crippen LogP contribution in [-0.4, -0.2) is 30.0 Å². The highest BCUT2D eigenvalue weighted by Gasteiger charge is 2.25. The summed E-state index contributed by atoms with van der Waals surface area (Å²) in [5, 5.41) is 13.8. The van der Waals surface area contributed by atoms with Crippen LogP contribution in [0.3, 0.4) is 0 Å². The summed E-state index contributed by atoms with van der Waals surface area (Å²) >= 11 is 0. The number of aryl methyl sites for hydroxylation is 2. The minimum atomic E-state index is -0.0212. The summed E-state index contributed by atoms with van der Waals surface area (Å²) in [6.45, 7) is 9.54. The molecule has 0 saturated carbocycles. The molecule has 136 valence electrons. The summed E-state index contributed by atoms with van der Waals surface area (Å²) < 4.78 is 0. The van der Waals surface area contributed by atoms with Gasteiger partial charge in [0.2, 0.25) is 5.91 Å². The topological polar surface area (TPSA) is 69.0 Å². The van der Waals surface area contributed by atoms with Gasteiger partial charge in [-0.05, 0) is 38.3 Å². The van der Waals surface area contributed by atoms with Crippen molar-refractivity contribution in [1.82, 2.24) is 10.3 Å². The Balaban J connectivity index is 2.01. The van der Waals surface area contributed by atoms with E-state index in [9.17, 15) is 10.1 Å². The smallest absolute Gasteiger partial charge is 0.222 e. The van der Waals surface area contributed by atoms with E-state index in [1.165, 1.54) is 0 Å². The Morgan fingerprint density at radius 3 is 2.85 bits per heavy atom. The number of anilines is 1. The third-order valence-corrected chi connectivity index (χ3v) is 5.01. The normalized spacial score (nSPS) is 17.4. The number of hydrogen-bond acceptors (Lipinski definition) is 4. The highest BCUT2D eigenvalue weighted by atomic mass is 16.1. The molecule has 1 aromatic carbocycles. The fourth-order valence-corrected chi connectivity index (χ4v) is 3.74. The van der Waals surface area contributed by atoms with Crippen molar-refractivity contribution in [2.45, 2.75) is 46.6 Å². The van der Waals surface area contributed by atoms with Gasteiger partial charge in [-0.1, -0.05) is 25.5 Å². The van der Waals surface area contributed by atoms with Gasteiger partial charge in [-0.25, -0.2) is 0 Å². The third-order valence-electron chi connectivity index (χ3n) is 5.01. The van der Waals surface area contributed by atoms with E-state index in [2.05, 4.69) is 47.3 Å². The molecule has 26 heavy (non-hydrogen) atoms. The molecule has 0 aliphatic carbocycles. The van der Waals surface area contributed by atoms with Crippen molar-refractivity contribution in [1.29, 1.82) is 5.26 Å². The van der Waals surface area contributed by atoms with Gasteiger partial charge in [0.05, 0.1) is 16.8 Å². The SMILES string of the molecule is Cc1cc(C)c2ncc(C#N)c(N3CCCC(NC(=O)C(C)C)C3)c2c1. The van der Waals surface area contributed by atoms with E-state index in [1.807, 2.05) is 13.8 Å². The van der Waals surface area contributed by atoms with Crippen LogP contribution in [0.25, 0.3) is 10.9 Å². The Kier molecular flexibility index (Phi) is 5.13. The lowest BCUT2D eigenvalue weighted by Gasteiger charge is -2.36. The molecule has 1 atom stereocenters. The number of hydrogen-bond donors (Lipinski definition) is 1. The van der Waals surface area contributed by atoms with Crippen LogP contribution in [0.5, 0.6) is 0 Å². The second-order valence-corrected chi connectivity index (χ2v) is 7.56. The standard InChI is InChI=1S/C21H26N4O/c1-13(2)21(26)24-17-6-5-7-25(12-17)20-16(10-22)11-23-19-15(4)8-14(3)9-18(19)20/h8-9,11,13,17H,5-7,12H2,1-4H3,(H,24,26). The maximum Gasteiger partial charge on any atom is 0.222 e. The van der Waals surface area contributed by atoms with Crippen LogP contribution in [0, 0.1) is 31.1 Å². The summed E-state index contributed by atoms with van der Waals surface area (Å²) in [6.07, 6.45) is 3.64. The average Bonchev–Trinajstić information content (AvgIpc) is 2.60. The molecular formula is C21H26N4O. The van der Waals surface area contributed by atoms with E-state index in [1.54, 1.807) is 6.20 Å². The predicted molar refractivity (Wildman–Crippen MR) is 104 cm³/mol. The van der Waals surface area contributed by atoms with Gasteiger partial charge in [0, 0.05) is 36.6 Å². The van der Waals surface area contributed by atoms with Crippen LogP contribution in [-0.2, 0) is 4.79 Å². The molecule has 0 radical (unpaired) electrons. The first-order chi connectivity index (χ1) is 12.4. The average molecular weight is 350 g/mol. The van der Waals surface area contributed by atoms with Crippen molar-refractivity contribution in [2.75, 3.05) is 18.0 Å². The first-order valence-electron chi connectivity index (χ1n) is 9.26. The minimum Gasteiger partial charge on any atom is -0.368 e. The van der Waals surface area contributed by atoms with Crippen molar-refractivity contribution < 1.29 is 4.79 Å². The van der Waals surface area contributed by atoms with Gasteiger partial charge < -0.3 is 10.2 Å². The third kappa shape index (κ3) is 3.50.